The molecule has 1 aromatic carbocycles. The van der Waals surface area contributed by atoms with Crippen molar-refractivity contribution >= 4 is 27.3 Å². The van der Waals surface area contributed by atoms with Gasteiger partial charge in [0, 0.05) is 5.69 Å². The van der Waals surface area contributed by atoms with Crippen LogP contribution in [0.25, 0.3) is 0 Å². The van der Waals surface area contributed by atoms with Crippen LogP contribution in [0.5, 0.6) is 0 Å². The highest BCUT2D eigenvalue weighted by molar-refractivity contribution is 7.93. The zero-order chi connectivity index (χ0) is 24.6. The van der Waals surface area contributed by atoms with Crippen LogP contribution in [0.15, 0.2) is 30.6 Å². The molecule has 0 saturated carbocycles. The number of halogens is 3. The molecule has 33 heavy (non-hydrogen) atoms. The molecule has 0 saturated heterocycles. The quantitative estimate of drug-likeness (QED) is 0.426. The number of aryl methyl sites for hydroxylation is 1. The summed E-state index contributed by atoms with van der Waals surface area (Å²) in [6, 6.07) is 5.10. The Kier molecular flexibility index (Phi) is 6.51. The number of nitrogens with two attached hydrogens (primary N) is 1. The van der Waals surface area contributed by atoms with E-state index in [0.717, 1.165) is 30.2 Å². The molecular formula is C21H24F3N5O3S. The summed E-state index contributed by atoms with van der Waals surface area (Å²) in [5.74, 6) is -1.72. The third kappa shape index (κ3) is 5.15. The maximum absolute atomic E-state index is 12.9. The van der Waals surface area contributed by atoms with E-state index in [-0.39, 0.29) is 17.4 Å². The fourth-order valence-electron chi connectivity index (χ4n) is 3.58. The van der Waals surface area contributed by atoms with Crippen molar-refractivity contribution in [2.75, 3.05) is 11.1 Å². The number of fused-ring (bicyclic) bond motifs is 1. The number of benzene rings is 1. The molecule has 4 N–H and O–H groups in total. The van der Waals surface area contributed by atoms with E-state index in [1.807, 2.05) is 0 Å². The van der Waals surface area contributed by atoms with Gasteiger partial charge in [0.2, 0.25) is 0 Å². The molecule has 1 heterocycles. The number of alkyl halides is 3. The first-order valence-corrected chi connectivity index (χ1v) is 11.8. The number of nitrogens with one attached hydrogen (secondary N) is 2. The molecule has 2 aromatic rings. The van der Waals surface area contributed by atoms with Gasteiger partial charge in [0.15, 0.2) is 15.5 Å². The molecule has 12 heteroatoms. The summed E-state index contributed by atoms with van der Waals surface area (Å²) >= 11 is 0. The predicted octanol–water partition coefficient (Wildman–Crippen LogP) is 3.30. The highest BCUT2D eigenvalue weighted by Gasteiger charge is 2.40. The molecule has 1 aromatic heterocycles. The number of carbonyl (C=O) groups is 1. The molecule has 1 amide bonds. The van der Waals surface area contributed by atoms with Crippen molar-refractivity contribution in [2.24, 2.45) is 5.73 Å². The Morgan fingerprint density at radius 2 is 1.94 bits per heavy atom. The van der Waals surface area contributed by atoms with Crippen molar-refractivity contribution in [3.05, 3.63) is 53.1 Å². The third-order valence-corrected chi connectivity index (χ3v) is 8.48. The van der Waals surface area contributed by atoms with E-state index in [1.54, 1.807) is 18.2 Å². The summed E-state index contributed by atoms with van der Waals surface area (Å²) in [5, 5.41) is 10.2. The van der Waals surface area contributed by atoms with Crippen LogP contribution >= 0.6 is 0 Å². The molecule has 0 bridgehead atoms. The maximum atomic E-state index is 12.9. The van der Waals surface area contributed by atoms with E-state index in [0.29, 0.717) is 18.3 Å². The van der Waals surface area contributed by atoms with Gasteiger partial charge in [0.25, 0.3) is 5.91 Å². The molecule has 0 spiro atoms. The second-order valence-electron chi connectivity index (χ2n) is 8.45. The number of sulfone groups is 1. The number of hydrogen-bond donors (Lipinski definition) is 3. The Hall–Kier alpha value is -3.02. The smallest absolute Gasteiger partial charge is 0.386 e. The van der Waals surface area contributed by atoms with E-state index in [1.165, 1.54) is 13.8 Å². The molecule has 0 fully saturated rings. The average Bonchev–Trinajstić information content (AvgIpc) is 2.73. The van der Waals surface area contributed by atoms with Gasteiger partial charge in [-0.1, -0.05) is 6.07 Å². The fourth-order valence-corrected chi connectivity index (χ4v) is 5.20. The summed E-state index contributed by atoms with van der Waals surface area (Å²) in [6.07, 6.45) is -1.27. The van der Waals surface area contributed by atoms with Crippen molar-refractivity contribution in [2.45, 2.75) is 50.0 Å². The van der Waals surface area contributed by atoms with E-state index < -0.39 is 38.2 Å². The Morgan fingerprint density at radius 1 is 1.24 bits per heavy atom. The first-order chi connectivity index (χ1) is 15.2. The van der Waals surface area contributed by atoms with Crippen LogP contribution in [0.2, 0.25) is 0 Å². The molecule has 0 radical (unpaired) electrons. The van der Waals surface area contributed by atoms with Crippen molar-refractivity contribution in [1.29, 1.82) is 5.41 Å². The largest absolute Gasteiger partial charge is 0.434 e. The van der Waals surface area contributed by atoms with Gasteiger partial charge >= 0.3 is 6.18 Å². The van der Waals surface area contributed by atoms with E-state index in [4.69, 9.17) is 11.1 Å². The van der Waals surface area contributed by atoms with Gasteiger partial charge in [-0.25, -0.2) is 18.4 Å². The van der Waals surface area contributed by atoms with Crippen LogP contribution in [0, 0.1) is 5.41 Å². The van der Waals surface area contributed by atoms with E-state index in [9.17, 15) is 26.4 Å². The zero-order valence-corrected chi connectivity index (χ0v) is 18.8. The Balaban J connectivity index is 1.82. The SMILES string of the molecule is CC(C)(C(=N)N)S(=O)(=O)CC1CCCc2ccc(NC(=O)c3cnc(C(F)(F)F)cn3)cc21. The predicted molar refractivity (Wildman–Crippen MR) is 117 cm³/mol. The second-order valence-corrected chi connectivity index (χ2v) is 11.0. The molecule has 178 valence electrons. The molecule has 0 aliphatic heterocycles. The Bertz CT molecular complexity index is 1180. The van der Waals surface area contributed by atoms with Crippen LogP contribution < -0.4 is 11.1 Å². The summed E-state index contributed by atoms with van der Waals surface area (Å²) in [5.41, 5.74) is 6.09. The number of anilines is 1. The summed E-state index contributed by atoms with van der Waals surface area (Å²) in [6.45, 7) is 2.80. The number of rotatable bonds is 6. The van der Waals surface area contributed by atoms with Gasteiger partial charge < -0.3 is 11.1 Å². The number of carbonyl (C=O) groups excluding carboxylic acids is 1. The van der Waals surface area contributed by atoms with Gasteiger partial charge in [0.1, 0.15) is 16.3 Å². The molecule has 1 unspecified atom stereocenters. The lowest BCUT2D eigenvalue weighted by Gasteiger charge is -2.30. The third-order valence-electron chi connectivity index (χ3n) is 5.86. The maximum Gasteiger partial charge on any atom is 0.434 e. The van der Waals surface area contributed by atoms with Crippen LogP contribution in [0.1, 0.15) is 59.9 Å². The minimum absolute atomic E-state index is 0.200. The molecule has 1 aliphatic rings. The fraction of sp³-hybridized carbons (Fsp3) is 0.429. The van der Waals surface area contributed by atoms with E-state index in [2.05, 4.69) is 15.3 Å². The number of aromatic nitrogens is 2. The lowest BCUT2D eigenvalue weighted by Crippen LogP contribution is -2.46. The molecular weight excluding hydrogens is 459 g/mol. The monoisotopic (exact) mass is 483 g/mol. The topological polar surface area (TPSA) is 139 Å². The van der Waals surface area contributed by atoms with Gasteiger partial charge in [0.05, 0.1) is 18.1 Å². The summed E-state index contributed by atoms with van der Waals surface area (Å²) < 4.78 is 62.3. The highest BCUT2D eigenvalue weighted by atomic mass is 32.2. The van der Waals surface area contributed by atoms with Crippen molar-refractivity contribution in [3.8, 4) is 0 Å². The van der Waals surface area contributed by atoms with E-state index >= 15 is 0 Å². The first-order valence-electron chi connectivity index (χ1n) is 10.1. The Morgan fingerprint density at radius 3 is 2.52 bits per heavy atom. The molecule has 1 atom stereocenters. The average molecular weight is 484 g/mol. The van der Waals surface area contributed by atoms with Gasteiger partial charge in [-0.15, -0.1) is 0 Å². The van der Waals surface area contributed by atoms with Gasteiger partial charge in [-0.2, -0.15) is 13.2 Å². The van der Waals surface area contributed by atoms with Crippen molar-refractivity contribution < 1.29 is 26.4 Å². The molecule has 3 rings (SSSR count). The van der Waals surface area contributed by atoms with Crippen LogP contribution in [0.3, 0.4) is 0 Å². The highest BCUT2D eigenvalue weighted by Crippen LogP contribution is 2.36. The second kappa shape index (κ2) is 8.73. The van der Waals surface area contributed by atoms with Crippen LogP contribution in [0.4, 0.5) is 18.9 Å². The van der Waals surface area contributed by atoms with Gasteiger partial charge in [-0.3, -0.25) is 10.2 Å². The molecule has 1 aliphatic carbocycles. The Labute approximate surface area is 189 Å². The standard InChI is InChI=1S/C21H24F3N5O3S/c1-20(2,19(25)26)33(31,32)11-13-5-3-4-12-6-7-14(8-15(12)13)29-18(30)16-9-28-17(10-27-16)21(22,23)24/h6-10,13H,3-5,11H2,1-2H3,(H3,25,26)(H,29,30). The number of hydrogen-bond acceptors (Lipinski definition) is 6. The summed E-state index contributed by atoms with van der Waals surface area (Å²) in [7, 11) is -3.74. The molecule has 8 nitrogen and oxygen atoms in total. The lowest BCUT2D eigenvalue weighted by atomic mass is 9.83. The van der Waals surface area contributed by atoms with Crippen LogP contribution in [-0.2, 0) is 22.4 Å². The number of nitrogens with zero attached hydrogens (tertiary/aromatic N) is 2. The van der Waals surface area contributed by atoms with Crippen molar-refractivity contribution in [3.63, 3.8) is 0 Å². The zero-order valence-electron chi connectivity index (χ0n) is 18.0. The normalized spacial score (nSPS) is 16.7. The van der Waals surface area contributed by atoms with Gasteiger partial charge in [-0.05, 0) is 62.3 Å². The minimum Gasteiger partial charge on any atom is -0.386 e. The first kappa shape index (κ1) is 24.6. The summed E-state index contributed by atoms with van der Waals surface area (Å²) in [4.78, 5) is 19.2. The lowest BCUT2D eigenvalue weighted by molar-refractivity contribution is -0.141. The number of amides is 1. The number of amidine groups is 1. The minimum atomic E-state index is -4.66. The van der Waals surface area contributed by atoms with Crippen molar-refractivity contribution in [1.82, 2.24) is 9.97 Å². The van der Waals surface area contributed by atoms with Crippen LogP contribution in [-0.4, -0.2) is 40.6 Å².